The summed E-state index contributed by atoms with van der Waals surface area (Å²) < 4.78 is 23.2. The van der Waals surface area contributed by atoms with E-state index in [2.05, 4.69) is 10.3 Å². The summed E-state index contributed by atoms with van der Waals surface area (Å²) in [6.45, 7) is 4.92. The lowest BCUT2D eigenvalue weighted by molar-refractivity contribution is 0.577. The van der Waals surface area contributed by atoms with Crippen LogP contribution in [0.3, 0.4) is 0 Å². The Bertz CT molecular complexity index is 415. The lowest BCUT2D eigenvalue weighted by Gasteiger charge is -2.07. The van der Waals surface area contributed by atoms with Gasteiger partial charge in [0.15, 0.2) is 9.84 Å². The molecule has 0 amide bonds. The predicted molar refractivity (Wildman–Crippen MR) is 69.4 cm³/mol. The van der Waals surface area contributed by atoms with Crippen LogP contribution >= 0.6 is 0 Å². The second-order valence-corrected chi connectivity index (χ2v) is 6.73. The van der Waals surface area contributed by atoms with E-state index < -0.39 is 9.84 Å². The number of sulfone groups is 1. The van der Waals surface area contributed by atoms with Crippen LogP contribution in [0.5, 0.6) is 0 Å². The average molecular weight is 256 g/mol. The summed E-state index contributed by atoms with van der Waals surface area (Å²) in [4.78, 5) is 4.15. The predicted octanol–water partition coefficient (Wildman–Crippen LogP) is 1.24. The summed E-state index contributed by atoms with van der Waals surface area (Å²) in [5.74, 6) is 0.645. The Hall–Kier alpha value is -0.940. The molecule has 0 unspecified atom stereocenters. The molecule has 0 aliphatic rings. The van der Waals surface area contributed by atoms with Gasteiger partial charge in [-0.05, 0) is 18.1 Å². The van der Waals surface area contributed by atoms with Gasteiger partial charge < -0.3 is 5.32 Å². The molecule has 0 aliphatic heterocycles. The molecule has 0 bridgehead atoms. The SMILES string of the molecule is CC(C)CS(=O)(=O)CCNCc1ccccn1. The standard InChI is InChI=1S/C12H20N2O2S/c1-11(2)10-17(15,16)8-7-13-9-12-5-3-4-6-14-12/h3-6,11,13H,7-10H2,1-2H3. The van der Waals surface area contributed by atoms with Gasteiger partial charge >= 0.3 is 0 Å². The summed E-state index contributed by atoms with van der Waals surface area (Å²) >= 11 is 0. The highest BCUT2D eigenvalue weighted by Crippen LogP contribution is 2.00. The van der Waals surface area contributed by atoms with Gasteiger partial charge in [0, 0.05) is 19.3 Å². The molecule has 0 saturated carbocycles. The molecule has 0 radical (unpaired) electrons. The van der Waals surface area contributed by atoms with Gasteiger partial charge in [0.25, 0.3) is 0 Å². The summed E-state index contributed by atoms with van der Waals surface area (Å²) in [6.07, 6.45) is 1.73. The van der Waals surface area contributed by atoms with E-state index in [4.69, 9.17) is 0 Å². The van der Waals surface area contributed by atoms with Crippen LogP contribution in [0.1, 0.15) is 19.5 Å². The van der Waals surface area contributed by atoms with E-state index >= 15 is 0 Å². The number of nitrogens with one attached hydrogen (secondary N) is 1. The molecule has 4 nitrogen and oxygen atoms in total. The third-order valence-corrected chi connectivity index (χ3v) is 4.21. The lowest BCUT2D eigenvalue weighted by Crippen LogP contribution is -2.25. The van der Waals surface area contributed by atoms with Crippen molar-refractivity contribution in [1.82, 2.24) is 10.3 Å². The fourth-order valence-corrected chi connectivity index (χ4v) is 3.18. The average Bonchev–Trinajstić information content (AvgIpc) is 2.24. The Morgan fingerprint density at radius 2 is 2.12 bits per heavy atom. The first kappa shape index (κ1) is 14.1. The van der Waals surface area contributed by atoms with Crippen molar-refractivity contribution in [1.29, 1.82) is 0 Å². The Morgan fingerprint density at radius 3 is 2.71 bits per heavy atom. The monoisotopic (exact) mass is 256 g/mol. The molecule has 0 spiro atoms. The smallest absolute Gasteiger partial charge is 0.151 e. The lowest BCUT2D eigenvalue weighted by atomic mass is 10.3. The van der Waals surface area contributed by atoms with Crippen molar-refractivity contribution < 1.29 is 8.42 Å². The van der Waals surface area contributed by atoms with E-state index in [1.165, 1.54) is 0 Å². The summed E-state index contributed by atoms with van der Waals surface area (Å²) in [5.41, 5.74) is 0.925. The van der Waals surface area contributed by atoms with Gasteiger partial charge in [-0.25, -0.2) is 8.42 Å². The summed E-state index contributed by atoms with van der Waals surface area (Å²) in [6, 6.07) is 5.69. The van der Waals surface area contributed by atoms with Gasteiger partial charge in [0.1, 0.15) is 0 Å². The summed E-state index contributed by atoms with van der Waals surface area (Å²) in [7, 11) is -2.92. The molecule has 0 fully saturated rings. The van der Waals surface area contributed by atoms with Crippen LogP contribution in [0, 0.1) is 5.92 Å². The van der Waals surface area contributed by atoms with E-state index in [-0.39, 0.29) is 17.4 Å². The van der Waals surface area contributed by atoms with Gasteiger partial charge in [-0.3, -0.25) is 4.98 Å². The maximum Gasteiger partial charge on any atom is 0.151 e. The highest BCUT2D eigenvalue weighted by atomic mass is 32.2. The first-order valence-corrected chi connectivity index (χ1v) is 7.63. The first-order valence-electron chi connectivity index (χ1n) is 5.80. The van der Waals surface area contributed by atoms with E-state index in [0.717, 1.165) is 5.69 Å². The minimum atomic E-state index is -2.92. The quantitative estimate of drug-likeness (QED) is 0.746. The van der Waals surface area contributed by atoms with Crippen LogP contribution in [0.4, 0.5) is 0 Å². The van der Waals surface area contributed by atoms with Crippen molar-refractivity contribution in [3.63, 3.8) is 0 Å². The van der Waals surface area contributed by atoms with Crippen molar-refractivity contribution >= 4 is 9.84 Å². The number of aromatic nitrogens is 1. The normalized spacial score (nSPS) is 11.9. The molecule has 96 valence electrons. The molecule has 0 atom stereocenters. The molecule has 0 aromatic carbocycles. The van der Waals surface area contributed by atoms with Crippen LogP contribution < -0.4 is 5.32 Å². The first-order chi connectivity index (χ1) is 7.99. The van der Waals surface area contributed by atoms with Crippen LogP contribution in [-0.4, -0.2) is 31.5 Å². The molecular formula is C12H20N2O2S. The molecule has 1 aromatic heterocycles. The zero-order valence-corrected chi connectivity index (χ0v) is 11.2. The number of pyridine rings is 1. The van der Waals surface area contributed by atoms with Crippen molar-refractivity contribution in [2.45, 2.75) is 20.4 Å². The van der Waals surface area contributed by atoms with E-state index in [1.54, 1.807) is 6.20 Å². The van der Waals surface area contributed by atoms with E-state index in [1.807, 2.05) is 32.0 Å². The molecule has 0 aliphatic carbocycles. The van der Waals surface area contributed by atoms with Gasteiger partial charge in [0.05, 0.1) is 17.2 Å². The van der Waals surface area contributed by atoms with Crippen LogP contribution in [-0.2, 0) is 16.4 Å². The van der Waals surface area contributed by atoms with Crippen LogP contribution in [0.15, 0.2) is 24.4 Å². The zero-order chi connectivity index (χ0) is 12.7. The second kappa shape index (κ2) is 6.71. The molecular weight excluding hydrogens is 236 g/mol. The van der Waals surface area contributed by atoms with Gasteiger partial charge in [0.2, 0.25) is 0 Å². The Morgan fingerprint density at radius 1 is 1.35 bits per heavy atom. The third kappa shape index (κ3) is 6.38. The minimum Gasteiger partial charge on any atom is -0.310 e. The molecule has 1 N–H and O–H groups in total. The van der Waals surface area contributed by atoms with Crippen molar-refractivity contribution in [2.75, 3.05) is 18.1 Å². The fourth-order valence-electron chi connectivity index (χ4n) is 1.54. The Kier molecular flexibility index (Phi) is 5.58. The molecule has 0 saturated heterocycles. The molecule has 1 rings (SSSR count). The van der Waals surface area contributed by atoms with E-state index in [0.29, 0.717) is 13.1 Å². The van der Waals surface area contributed by atoms with Crippen molar-refractivity contribution in [2.24, 2.45) is 5.92 Å². The number of hydrogen-bond donors (Lipinski definition) is 1. The molecule has 17 heavy (non-hydrogen) atoms. The highest BCUT2D eigenvalue weighted by molar-refractivity contribution is 7.91. The van der Waals surface area contributed by atoms with Crippen molar-refractivity contribution in [3.8, 4) is 0 Å². The van der Waals surface area contributed by atoms with Gasteiger partial charge in [-0.1, -0.05) is 19.9 Å². The van der Waals surface area contributed by atoms with Gasteiger partial charge in [-0.2, -0.15) is 0 Å². The largest absolute Gasteiger partial charge is 0.310 e. The zero-order valence-electron chi connectivity index (χ0n) is 10.4. The maximum atomic E-state index is 11.6. The second-order valence-electron chi connectivity index (χ2n) is 4.51. The van der Waals surface area contributed by atoms with Crippen LogP contribution in [0.25, 0.3) is 0 Å². The number of hydrogen-bond acceptors (Lipinski definition) is 4. The van der Waals surface area contributed by atoms with Gasteiger partial charge in [-0.15, -0.1) is 0 Å². The summed E-state index contributed by atoms with van der Waals surface area (Å²) in [5, 5.41) is 3.09. The van der Waals surface area contributed by atoms with Crippen molar-refractivity contribution in [3.05, 3.63) is 30.1 Å². The van der Waals surface area contributed by atoms with E-state index in [9.17, 15) is 8.42 Å². The molecule has 1 aromatic rings. The Balaban J connectivity index is 2.25. The third-order valence-electron chi connectivity index (χ3n) is 2.21. The highest BCUT2D eigenvalue weighted by Gasteiger charge is 2.12. The minimum absolute atomic E-state index is 0.191. The Labute approximate surface area is 103 Å². The number of nitrogens with zero attached hydrogens (tertiary/aromatic N) is 1. The maximum absolute atomic E-state index is 11.6. The molecule has 1 heterocycles. The molecule has 5 heteroatoms. The number of rotatable bonds is 7. The van der Waals surface area contributed by atoms with Crippen LogP contribution in [0.2, 0.25) is 0 Å². The topological polar surface area (TPSA) is 59.1 Å². The fraction of sp³-hybridized carbons (Fsp3) is 0.583.